The third-order valence-corrected chi connectivity index (χ3v) is 2.89. The van der Waals surface area contributed by atoms with Crippen LogP contribution in [0.4, 0.5) is 0 Å². The van der Waals surface area contributed by atoms with Crippen LogP contribution >= 0.6 is 0 Å². The Bertz CT molecular complexity index is 474. The topological polar surface area (TPSA) is 75.1 Å². The number of aryl methyl sites for hydroxylation is 1. The molecule has 15 heavy (non-hydrogen) atoms. The minimum absolute atomic E-state index is 0.151. The quantitative estimate of drug-likeness (QED) is 0.724. The molecule has 1 aromatic rings. The summed E-state index contributed by atoms with van der Waals surface area (Å²) in [4.78, 5) is 24.9. The standard InChI is InChI=1S/C10H14N2O3/c1-6-5-12(10(15)11-9(6)14)8-4-7(8)2-3-13/h5,7-8,13H,2-4H2,1H3,(H,11,14,15)/t7-,8+/m0/s1. The Hall–Kier alpha value is -1.36. The molecule has 1 aromatic heterocycles. The number of rotatable bonds is 3. The third kappa shape index (κ3) is 1.87. The molecule has 5 nitrogen and oxygen atoms in total. The van der Waals surface area contributed by atoms with Gasteiger partial charge in [-0.1, -0.05) is 0 Å². The lowest BCUT2D eigenvalue weighted by atomic mass is 10.3. The summed E-state index contributed by atoms with van der Waals surface area (Å²) in [5, 5.41) is 8.76. The number of hydrogen-bond donors (Lipinski definition) is 2. The number of hydrogen-bond acceptors (Lipinski definition) is 3. The molecule has 0 amide bonds. The van der Waals surface area contributed by atoms with Crippen LogP contribution in [0.1, 0.15) is 24.4 Å². The first-order valence-corrected chi connectivity index (χ1v) is 5.06. The molecule has 0 aromatic carbocycles. The van der Waals surface area contributed by atoms with Gasteiger partial charge in [-0.2, -0.15) is 0 Å². The molecule has 1 heterocycles. The van der Waals surface area contributed by atoms with E-state index in [1.807, 2.05) is 0 Å². The SMILES string of the molecule is Cc1cn([C@@H]2C[C@@H]2CCO)c(=O)[nH]c1=O. The molecule has 2 atom stereocenters. The van der Waals surface area contributed by atoms with Crippen molar-refractivity contribution in [1.82, 2.24) is 9.55 Å². The van der Waals surface area contributed by atoms with Crippen molar-refractivity contribution in [3.63, 3.8) is 0 Å². The molecule has 0 unspecified atom stereocenters. The average molecular weight is 210 g/mol. The molecule has 1 saturated carbocycles. The van der Waals surface area contributed by atoms with Gasteiger partial charge < -0.3 is 5.11 Å². The van der Waals surface area contributed by atoms with E-state index in [2.05, 4.69) is 4.98 Å². The zero-order valence-corrected chi connectivity index (χ0v) is 8.56. The van der Waals surface area contributed by atoms with E-state index in [4.69, 9.17) is 5.11 Å². The Balaban J connectivity index is 2.28. The fourth-order valence-corrected chi connectivity index (χ4v) is 1.88. The molecule has 1 fully saturated rings. The lowest BCUT2D eigenvalue weighted by Crippen LogP contribution is -2.30. The number of nitrogens with one attached hydrogen (secondary N) is 1. The molecule has 1 aliphatic carbocycles. The van der Waals surface area contributed by atoms with E-state index < -0.39 is 0 Å². The molecular weight excluding hydrogens is 196 g/mol. The van der Waals surface area contributed by atoms with Crippen LogP contribution in [0.2, 0.25) is 0 Å². The van der Waals surface area contributed by atoms with Gasteiger partial charge in [0.25, 0.3) is 5.56 Å². The van der Waals surface area contributed by atoms with Gasteiger partial charge in [0.05, 0.1) is 0 Å². The summed E-state index contributed by atoms with van der Waals surface area (Å²) in [5.74, 6) is 0.373. The summed E-state index contributed by atoms with van der Waals surface area (Å²) in [6.07, 6.45) is 3.23. The number of aliphatic hydroxyl groups excluding tert-OH is 1. The molecule has 0 bridgehead atoms. The summed E-state index contributed by atoms with van der Waals surface area (Å²) in [7, 11) is 0. The van der Waals surface area contributed by atoms with Gasteiger partial charge in [0.2, 0.25) is 0 Å². The molecule has 0 spiro atoms. The average Bonchev–Trinajstić information content (AvgIpc) is 2.91. The van der Waals surface area contributed by atoms with E-state index in [1.54, 1.807) is 17.7 Å². The first-order chi connectivity index (χ1) is 7.13. The molecule has 0 radical (unpaired) electrons. The monoisotopic (exact) mass is 210 g/mol. The van der Waals surface area contributed by atoms with E-state index in [9.17, 15) is 9.59 Å². The van der Waals surface area contributed by atoms with Gasteiger partial charge in [0.15, 0.2) is 0 Å². The Kier molecular flexibility index (Phi) is 2.48. The van der Waals surface area contributed by atoms with E-state index in [-0.39, 0.29) is 23.9 Å². The molecule has 0 saturated heterocycles. The van der Waals surface area contributed by atoms with E-state index in [0.29, 0.717) is 11.5 Å². The van der Waals surface area contributed by atoms with Crippen LogP contribution in [-0.2, 0) is 0 Å². The zero-order chi connectivity index (χ0) is 11.0. The van der Waals surface area contributed by atoms with Crippen molar-refractivity contribution in [3.05, 3.63) is 32.6 Å². The number of H-pyrrole nitrogens is 1. The van der Waals surface area contributed by atoms with Crippen LogP contribution in [-0.4, -0.2) is 21.3 Å². The van der Waals surface area contributed by atoms with Crippen molar-refractivity contribution in [2.75, 3.05) is 6.61 Å². The van der Waals surface area contributed by atoms with Gasteiger partial charge in [-0.15, -0.1) is 0 Å². The minimum atomic E-state index is -0.351. The van der Waals surface area contributed by atoms with Gasteiger partial charge >= 0.3 is 5.69 Å². The first-order valence-electron chi connectivity index (χ1n) is 5.06. The van der Waals surface area contributed by atoms with Crippen molar-refractivity contribution < 1.29 is 5.11 Å². The first kappa shape index (κ1) is 10.2. The van der Waals surface area contributed by atoms with Gasteiger partial charge in [0, 0.05) is 24.4 Å². The normalized spacial score (nSPS) is 24.1. The highest BCUT2D eigenvalue weighted by atomic mass is 16.3. The van der Waals surface area contributed by atoms with Crippen LogP contribution in [0.3, 0.4) is 0 Å². The molecule has 2 rings (SSSR count). The summed E-state index contributed by atoms with van der Waals surface area (Å²) < 4.78 is 1.57. The predicted molar refractivity (Wildman–Crippen MR) is 54.9 cm³/mol. The second kappa shape index (κ2) is 3.66. The number of aromatic amines is 1. The highest BCUT2D eigenvalue weighted by Gasteiger charge is 2.38. The van der Waals surface area contributed by atoms with Crippen LogP contribution in [0.5, 0.6) is 0 Å². The van der Waals surface area contributed by atoms with Crippen LogP contribution in [0.15, 0.2) is 15.8 Å². The second-order valence-electron chi connectivity index (χ2n) is 4.05. The Labute approximate surface area is 86.4 Å². The predicted octanol–water partition coefficient (Wildman–Crippen LogP) is -0.212. The highest BCUT2D eigenvalue weighted by Crippen LogP contribution is 2.44. The maximum absolute atomic E-state index is 11.5. The van der Waals surface area contributed by atoms with Crippen molar-refractivity contribution in [3.8, 4) is 0 Å². The van der Waals surface area contributed by atoms with Crippen LogP contribution < -0.4 is 11.2 Å². The molecule has 82 valence electrons. The maximum atomic E-state index is 11.5. The fourth-order valence-electron chi connectivity index (χ4n) is 1.88. The largest absolute Gasteiger partial charge is 0.396 e. The van der Waals surface area contributed by atoms with E-state index in [1.165, 1.54) is 0 Å². The van der Waals surface area contributed by atoms with Crippen molar-refractivity contribution in [1.29, 1.82) is 0 Å². The molecule has 5 heteroatoms. The fraction of sp³-hybridized carbons (Fsp3) is 0.600. The highest BCUT2D eigenvalue weighted by molar-refractivity contribution is 5.05. The minimum Gasteiger partial charge on any atom is -0.396 e. The smallest absolute Gasteiger partial charge is 0.328 e. The second-order valence-corrected chi connectivity index (χ2v) is 4.05. The molecule has 2 N–H and O–H groups in total. The Morgan fingerprint density at radius 3 is 3.00 bits per heavy atom. The third-order valence-electron chi connectivity index (χ3n) is 2.89. The number of aromatic nitrogens is 2. The zero-order valence-electron chi connectivity index (χ0n) is 8.56. The summed E-state index contributed by atoms with van der Waals surface area (Å²) in [5.41, 5.74) is -0.129. The summed E-state index contributed by atoms with van der Waals surface area (Å²) >= 11 is 0. The van der Waals surface area contributed by atoms with Gasteiger partial charge in [-0.05, 0) is 25.7 Å². The Morgan fingerprint density at radius 1 is 1.60 bits per heavy atom. The Morgan fingerprint density at radius 2 is 2.33 bits per heavy atom. The van der Waals surface area contributed by atoms with Gasteiger partial charge in [-0.25, -0.2) is 4.79 Å². The van der Waals surface area contributed by atoms with Gasteiger partial charge in [-0.3, -0.25) is 14.3 Å². The van der Waals surface area contributed by atoms with Gasteiger partial charge in [0.1, 0.15) is 0 Å². The number of nitrogens with zero attached hydrogens (tertiary/aromatic N) is 1. The van der Waals surface area contributed by atoms with E-state index in [0.717, 1.165) is 12.8 Å². The molecule has 0 aliphatic heterocycles. The summed E-state index contributed by atoms with van der Waals surface area (Å²) in [6.45, 7) is 1.83. The lowest BCUT2D eigenvalue weighted by Gasteiger charge is -2.04. The lowest BCUT2D eigenvalue weighted by molar-refractivity contribution is 0.276. The van der Waals surface area contributed by atoms with Crippen molar-refractivity contribution in [2.24, 2.45) is 5.92 Å². The van der Waals surface area contributed by atoms with Crippen molar-refractivity contribution >= 4 is 0 Å². The van der Waals surface area contributed by atoms with Crippen molar-refractivity contribution in [2.45, 2.75) is 25.8 Å². The van der Waals surface area contributed by atoms with Crippen LogP contribution in [0, 0.1) is 12.8 Å². The van der Waals surface area contributed by atoms with E-state index >= 15 is 0 Å². The number of aliphatic hydroxyl groups is 1. The van der Waals surface area contributed by atoms with Crippen LogP contribution in [0.25, 0.3) is 0 Å². The maximum Gasteiger partial charge on any atom is 0.328 e. The molecular formula is C10H14N2O3. The summed E-state index contributed by atoms with van der Waals surface area (Å²) in [6, 6.07) is 0.153. The molecule has 1 aliphatic rings.